The van der Waals surface area contributed by atoms with Crippen LogP contribution in [0.15, 0.2) is 24.3 Å². The molecule has 1 aromatic rings. The first kappa shape index (κ1) is 12.8. The van der Waals surface area contributed by atoms with Crippen molar-refractivity contribution in [1.29, 1.82) is 0 Å². The first-order valence-corrected chi connectivity index (χ1v) is 5.85. The van der Waals surface area contributed by atoms with Crippen molar-refractivity contribution in [2.75, 3.05) is 6.54 Å². The van der Waals surface area contributed by atoms with Crippen LogP contribution in [0.4, 0.5) is 0 Å². The summed E-state index contributed by atoms with van der Waals surface area (Å²) in [4.78, 5) is 11.8. The summed E-state index contributed by atoms with van der Waals surface area (Å²) in [5.41, 5.74) is 2.30. The van der Waals surface area contributed by atoms with Crippen LogP contribution < -0.4 is 5.32 Å². The van der Waals surface area contributed by atoms with E-state index in [-0.39, 0.29) is 11.8 Å². The molecule has 0 fully saturated rings. The van der Waals surface area contributed by atoms with Gasteiger partial charge in [0.15, 0.2) is 0 Å². The predicted molar refractivity (Wildman–Crippen MR) is 67.4 cm³/mol. The maximum absolute atomic E-state index is 11.8. The number of benzene rings is 1. The van der Waals surface area contributed by atoms with Gasteiger partial charge in [-0.25, -0.2) is 0 Å². The van der Waals surface area contributed by atoms with Crippen LogP contribution in [0, 0.1) is 12.8 Å². The zero-order chi connectivity index (χ0) is 12.1. The zero-order valence-electron chi connectivity index (χ0n) is 10.6. The molecule has 0 aromatic heterocycles. The molecule has 1 rings (SSSR count). The minimum Gasteiger partial charge on any atom is -0.355 e. The van der Waals surface area contributed by atoms with E-state index in [2.05, 4.69) is 19.2 Å². The number of carbonyl (C=O) groups excluding carboxylic acids is 1. The normalized spacial score (nSPS) is 12.6. The Morgan fingerprint density at radius 2 is 1.75 bits per heavy atom. The molecule has 0 aliphatic heterocycles. The van der Waals surface area contributed by atoms with E-state index in [1.165, 1.54) is 5.56 Å². The van der Waals surface area contributed by atoms with E-state index in [4.69, 9.17) is 0 Å². The summed E-state index contributed by atoms with van der Waals surface area (Å²) in [7, 11) is 0. The van der Waals surface area contributed by atoms with Crippen molar-refractivity contribution in [2.45, 2.75) is 33.6 Å². The highest BCUT2D eigenvalue weighted by Gasteiger charge is 2.14. The lowest BCUT2D eigenvalue weighted by Crippen LogP contribution is -2.31. The Morgan fingerprint density at radius 1 is 1.19 bits per heavy atom. The van der Waals surface area contributed by atoms with E-state index < -0.39 is 0 Å². The van der Waals surface area contributed by atoms with Crippen molar-refractivity contribution in [1.82, 2.24) is 5.32 Å². The summed E-state index contributed by atoms with van der Waals surface area (Å²) >= 11 is 0. The van der Waals surface area contributed by atoms with Crippen molar-refractivity contribution < 1.29 is 4.79 Å². The molecule has 1 N–H and O–H groups in total. The van der Waals surface area contributed by atoms with Crippen LogP contribution in [0.5, 0.6) is 0 Å². The lowest BCUT2D eigenvalue weighted by molar-refractivity contribution is -0.122. The quantitative estimate of drug-likeness (QED) is 0.829. The number of aryl methyl sites for hydroxylation is 1. The van der Waals surface area contributed by atoms with Crippen LogP contribution in [0.2, 0.25) is 0 Å². The minimum absolute atomic E-state index is 0.0700. The summed E-state index contributed by atoms with van der Waals surface area (Å²) in [5.74, 6) is 0.533. The summed E-state index contributed by atoms with van der Waals surface area (Å²) in [5, 5.41) is 2.96. The molecular weight excluding hydrogens is 198 g/mol. The lowest BCUT2D eigenvalue weighted by atomic mass is 9.99. The van der Waals surface area contributed by atoms with Crippen molar-refractivity contribution in [2.24, 2.45) is 5.92 Å². The van der Waals surface area contributed by atoms with Gasteiger partial charge in [0.25, 0.3) is 0 Å². The number of hydrogen-bond acceptors (Lipinski definition) is 1. The average Bonchev–Trinajstić information content (AvgIpc) is 2.26. The van der Waals surface area contributed by atoms with Gasteiger partial charge in [0.1, 0.15) is 0 Å². The second kappa shape index (κ2) is 5.69. The topological polar surface area (TPSA) is 29.1 Å². The Labute approximate surface area is 98.1 Å². The molecule has 0 radical (unpaired) electrons. The molecule has 1 aromatic carbocycles. The van der Waals surface area contributed by atoms with Gasteiger partial charge in [-0.15, -0.1) is 0 Å². The SMILES string of the molecule is Cc1ccc(C(C)C(=O)NCC(C)C)cc1. The first-order chi connectivity index (χ1) is 7.50. The number of carbonyl (C=O) groups is 1. The molecule has 0 aliphatic carbocycles. The van der Waals surface area contributed by atoms with Gasteiger partial charge in [0, 0.05) is 6.54 Å². The predicted octanol–water partition coefficient (Wildman–Crippen LogP) is 2.87. The van der Waals surface area contributed by atoms with Crippen LogP contribution in [0.1, 0.15) is 37.8 Å². The third-order valence-electron chi connectivity index (χ3n) is 2.66. The molecule has 0 heterocycles. The van der Waals surface area contributed by atoms with Crippen molar-refractivity contribution in [3.8, 4) is 0 Å². The van der Waals surface area contributed by atoms with E-state index in [0.717, 1.165) is 12.1 Å². The summed E-state index contributed by atoms with van der Waals surface area (Å²) in [6, 6.07) is 8.13. The van der Waals surface area contributed by atoms with Crippen LogP contribution >= 0.6 is 0 Å². The highest BCUT2D eigenvalue weighted by molar-refractivity contribution is 5.83. The third-order valence-corrected chi connectivity index (χ3v) is 2.66. The lowest BCUT2D eigenvalue weighted by Gasteiger charge is -2.14. The van der Waals surface area contributed by atoms with Gasteiger partial charge in [-0.1, -0.05) is 43.7 Å². The highest BCUT2D eigenvalue weighted by atomic mass is 16.1. The van der Waals surface area contributed by atoms with Crippen molar-refractivity contribution >= 4 is 5.91 Å². The molecule has 0 bridgehead atoms. The van der Waals surface area contributed by atoms with Gasteiger partial charge >= 0.3 is 0 Å². The molecule has 0 spiro atoms. The standard InChI is InChI=1S/C14H21NO/c1-10(2)9-15-14(16)12(4)13-7-5-11(3)6-8-13/h5-8,10,12H,9H2,1-4H3,(H,15,16). The Bertz CT molecular complexity index is 340. The molecule has 88 valence electrons. The van der Waals surface area contributed by atoms with Gasteiger partial charge in [-0.2, -0.15) is 0 Å². The molecule has 2 nitrogen and oxygen atoms in total. The molecular formula is C14H21NO. The van der Waals surface area contributed by atoms with Crippen LogP contribution in [-0.2, 0) is 4.79 Å². The molecule has 0 aliphatic rings. The second-order valence-corrected chi connectivity index (χ2v) is 4.77. The fourth-order valence-corrected chi connectivity index (χ4v) is 1.46. The Hall–Kier alpha value is -1.31. The fraction of sp³-hybridized carbons (Fsp3) is 0.500. The van der Waals surface area contributed by atoms with Gasteiger partial charge in [0.2, 0.25) is 5.91 Å². The van der Waals surface area contributed by atoms with Gasteiger partial charge in [-0.05, 0) is 25.3 Å². The second-order valence-electron chi connectivity index (χ2n) is 4.77. The molecule has 1 amide bonds. The Kier molecular flexibility index (Phi) is 4.53. The maximum atomic E-state index is 11.8. The summed E-state index contributed by atoms with van der Waals surface area (Å²) < 4.78 is 0. The first-order valence-electron chi connectivity index (χ1n) is 5.85. The van der Waals surface area contributed by atoms with E-state index in [1.54, 1.807) is 0 Å². The van der Waals surface area contributed by atoms with E-state index >= 15 is 0 Å². The van der Waals surface area contributed by atoms with E-state index in [0.29, 0.717) is 5.92 Å². The van der Waals surface area contributed by atoms with Gasteiger partial charge < -0.3 is 5.32 Å². The summed E-state index contributed by atoms with van der Waals surface area (Å²) in [6.45, 7) is 8.93. The van der Waals surface area contributed by atoms with Crippen molar-refractivity contribution in [3.63, 3.8) is 0 Å². The van der Waals surface area contributed by atoms with E-state index in [1.807, 2.05) is 38.1 Å². The average molecular weight is 219 g/mol. The summed E-state index contributed by atoms with van der Waals surface area (Å²) in [6.07, 6.45) is 0. The molecule has 1 unspecified atom stereocenters. The van der Waals surface area contributed by atoms with Gasteiger partial charge in [0.05, 0.1) is 5.92 Å². The molecule has 0 saturated heterocycles. The number of nitrogens with one attached hydrogen (secondary N) is 1. The Balaban J connectivity index is 2.59. The molecule has 16 heavy (non-hydrogen) atoms. The highest BCUT2D eigenvalue weighted by Crippen LogP contribution is 2.15. The number of rotatable bonds is 4. The van der Waals surface area contributed by atoms with Crippen molar-refractivity contribution in [3.05, 3.63) is 35.4 Å². The van der Waals surface area contributed by atoms with E-state index in [9.17, 15) is 4.79 Å². The molecule has 0 saturated carbocycles. The van der Waals surface area contributed by atoms with Gasteiger partial charge in [-0.3, -0.25) is 4.79 Å². The molecule has 1 atom stereocenters. The number of hydrogen-bond donors (Lipinski definition) is 1. The smallest absolute Gasteiger partial charge is 0.227 e. The Morgan fingerprint density at radius 3 is 2.25 bits per heavy atom. The van der Waals surface area contributed by atoms with Crippen LogP contribution in [-0.4, -0.2) is 12.5 Å². The number of amides is 1. The third kappa shape index (κ3) is 3.69. The van der Waals surface area contributed by atoms with Crippen LogP contribution in [0.25, 0.3) is 0 Å². The monoisotopic (exact) mass is 219 g/mol. The fourth-order valence-electron chi connectivity index (χ4n) is 1.46. The largest absolute Gasteiger partial charge is 0.355 e. The van der Waals surface area contributed by atoms with Crippen LogP contribution in [0.3, 0.4) is 0 Å². The maximum Gasteiger partial charge on any atom is 0.227 e. The minimum atomic E-state index is -0.0700. The zero-order valence-corrected chi connectivity index (χ0v) is 10.6. The molecule has 2 heteroatoms.